The molecule has 0 aliphatic carbocycles. The van der Waals surface area contributed by atoms with Crippen molar-refractivity contribution in [1.82, 2.24) is 10.2 Å². The Hall–Kier alpha value is -3.16. The lowest BCUT2D eigenvalue weighted by Crippen LogP contribution is -2.10. The van der Waals surface area contributed by atoms with Crippen molar-refractivity contribution in [3.05, 3.63) is 82.0 Å². The molecule has 4 rings (SSSR count). The second kappa shape index (κ2) is 7.46. The molecule has 0 aliphatic rings. The fourth-order valence-electron chi connectivity index (χ4n) is 2.75. The molecule has 0 saturated carbocycles. The smallest absolute Gasteiger partial charge is 0.248 e. The summed E-state index contributed by atoms with van der Waals surface area (Å²) in [7, 11) is 0. The van der Waals surface area contributed by atoms with E-state index in [-0.39, 0.29) is 5.41 Å². The van der Waals surface area contributed by atoms with Gasteiger partial charge in [0.2, 0.25) is 11.8 Å². The predicted molar refractivity (Wildman–Crippen MR) is 114 cm³/mol. The van der Waals surface area contributed by atoms with Crippen LogP contribution in [-0.4, -0.2) is 10.2 Å². The van der Waals surface area contributed by atoms with Gasteiger partial charge in [-0.1, -0.05) is 44.7 Å². The van der Waals surface area contributed by atoms with Crippen LogP contribution < -0.4 is 0 Å². The average molecular weight is 385 g/mol. The molecule has 0 fully saturated rings. The third-order valence-corrected chi connectivity index (χ3v) is 5.11. The first-order chi connectivity index (χ1) is 13.5. The third-order valence-electron chi connectivity index (χ3n) is 4.43. The van der Waals surface area contributed by atoms with Crippen molar-refractivity contribution in [3.8, 4) is 34.7 Å². The topological polar surface area (TPSA) is 38.9 Å². The van der Waals surface area contributed by atoms with Crippen LogP contribution >= 0.6 is 11.3 Å². The third kappa shape index (κ3) is 4.05. The second-order valence-electron chi connectivity index (χ2n) is 7.58. The lowest BCUT2D eigenvalue weighted by atomic mass is 9.87. The van der Waals surface area contributed by atoms with Gasteiger partial charge in [-0.05, 0) is 58.8 Å². The van der Waals surface area contributed by atoms with Gasteiger partial charge in [-0.2, -0.15) is 11.3 Å². The minimum atomic E-state index is 0.118. The Balaban J connectivity index is 1.52. The molecule has 0 spiro atoms. The molecule has 138 valence electrons. The summed E-state index contributed by atoms with van der Waals surface area (Å²) in [6.07, 6.45) is 0. The minimum absolute atomic E-state index is 0.118. The van der Waals surface area contributed by atoms with E-state index in [9.17, 15) is 0 Å². The van der Waals surface area contributed by atoms with Gasteiger partial charge in [0.15, 0.2) is 0 Å². The van der Waals surface area contributed by atoms with E-state index in [1.165, 1.54) is 5.56 Å². The number of benzene rings is 2. The van der Waals surface area contributed by atoms with Gasteiger partial charge >= 0.3 is 0 Å². The highest BCUT2D eigenvalue weighted by Crippen LogP contribution is 2.27. The molecular formula is C24H20N2OS. The fraction of sp³-hybridized carbons (Fsp3) is 0.167. The van der Waals surface area contributed by atoms with Gasteiger partial charge in [0.05, 0.1) is 0 Å². The van der Waals surface area contributed by atoms with Crippen molar-refractivity contribution in [1.29, 1.82) is 0 Å². The van der Waals surface area contributed by atoms with Crippen LogP contribution in [0, 0.1) is 11.8 Å². The number of aromatic nitrogens is 2. The summed E-state index contributed by atoms with van der Waals surface area (Å²) in [5, 5.41) is 12.5. The maximum atomic E-state index is 5.88. The summed E-state index contributed by atoms with van der Waals surface area (Å²) in [4.78, 5) is 0. The van der Waals surface area contributed by atoms with Gasteiger partial charge in [-0.25, -0.2) is 0 Å². The molecule has 0 atom stereocenters. The SMILES string of the molecule is CC(C)(C)c1ccc(-c2nnc(-c3ccc(C#Cc4ccsc4)cc3)o2)cc1. The predicted octanol–water partition coefficient (Wildman–Crippen LogP) is 6.16. The number of rotatable bonds is 2. The van der Waals surface area contributed by atoms with Gasteiger partial charge < -0.3 is 4.42 Å². The molecule has 4 aromatic rings. The van der Waals surface area contributed by atoms with Gasteiger partial charge in [0, 0.05) is 27.6 Å². The van der Waals surface area contributed by atoms with E-state index >= 15 is 0 Å². The molecule has 0 bridgehead atoms. The van der Waals surface area contributed by atoms with Crippen molar-refractivity contribution < 1.29 is 4.42 Å². The van der Waals surface area contributed by atoms with E-state index in [2.05, 4.69) is 54.9 Å². The van der Waals surface area contributed by atoms with Crippen LogP contribution in [-0.2, 0) is 5.41 Å². The van der Waals surface area contributed by atoms with E-state index in [4.69, 9.17) is 4.42 Å². The maximum Gasteiger partial charge on any atom is 0.248 e. The number of hydrogen-bond donors (Lipinski definition) is 0. The first-order valence-electron chi connectivity index (χ1n) is 9.08. The van der Waals surface area contributed by atoms with Crippen molar-refractivity contribution >= 4 is 11.3 Å². The van der Waals surface area contributed by atoms with Crippen molar-refractivity contribution in [2.45, 2.75) is 26.2 Å². The lowest BCUT2D eigenvalue weighted by molar-refractivity contribution is 0.582. The first kappa shape index (κ1) is 18.2. The highest BCUT2D eigenvalue weighted by molar-refractivity contribution is 7.08. The molecule has 4 heteroatoms. The molecular weight excluding hydrogens is 364 g/mol. The quantitative estimate of drug-likeness (QED) is 0.388. The molecule has 0 N–H and O–H groups in total. The summed E-state index contributed by atoms with van der Waals surface area (Å²) in [6, 6.07) is 18.1. The standard InChI is InChI=1S/C24H20N2OS/c1-24(2,3)21-12-10-20(11-13-21)23-26-25-22(27-23)19-8-6-17(7-9-19)4-5-18-14-15-28-16-18/h6-16H,1-3H3. The summed E-state index contributed by atoms with van der Waals surface area (Å²) in [5.74, 6) is 7.35. The van der Waals surface area contributed by atoms with Crippen LogP contribution in [0.3, 0.4) is 0 Å². The summed E-state index contributed by atoms with van der Waals surface area (Å²) in [6.45, 7) is 6.59. The van der Waals surface area contributed by atoms with Crippen molar-refractivity contribution in [3.63, 3.8) is 0 Å². The Morgan fingerprint density at radius 2 is 1.32 bits per heavy atom. The molecule has 0 radical (unpaired) electrons. The van der Waals surface area contributed by atoms with Crippen molar-refractivity contribution in [2.24, 2.45) is 0 Å². The van der Waals surface area contributed by atoms with E-state index in [0.29, 0.717) is 11.8 Å². The Morgan fingerprint density at radius 1 is 0.750 bits per heavy atom. The van der Waals surface area contributed by atoms with Gasteiger partial charge in [0.25, 0.3) is 0 Å². The van der Waals surface area contributed by atoms with Gasteiger partial charge in [-0.15, -0.1) is 10.2 Å². The van der Waals surface area contributed by atoms with E-state index in [0.717, 1.165) is 22.3 Å². The highest BCUT2D eigenvalue weighted by Gasteiger charge is 2.15. The lowest BCUT2D eigenvalue weighted by Gasteiger charge is -2.18. The van der Waals surface area contributed by atoms with E-state index < -0.39 is 0 Å². The maximum absolute atomic E-state index is 5.88. The van der Waals surface area contributed by atoms with Crippen LogP contribution in [0.5, 0.6) is 0 Å². The van der Waals surface area contributed by atoms with Crippen LogP contribution in [0.2, 0.25) is 0 Å². The zero-order valence-corrected chi connectivity index (χ0v) is 16.9. The Morgan fingerprint density at radius 3 is 1.86 bits per heavy atom. The number of hydrogen-bond acceptors (Lipinski definition) is 4. The zero-order chi connectivity index (χ0) is 19.6. The van der Waals surface area contributed by atoms with Crippen LogP contribution in [0.4, 0.5) is 0 Å². The average Bonchev–Trinajstić information content (AvgIpc) is 3.38. The molecule has 2 aromatic carbocycles. The monoisotopic (exact) mass is 384 g/mol. The largest absolute Gasteiger partial charge is 0.416 e. The normalized spacial score (nSPS) is 11.1. The summed E-state index contributed by atoms with van der Waals surface area (Å²) < 4.78 is 5.88. The molecule has 0 saturated heterocycles. The second-order valence-corrected chi connectivity index (χ2v) is 8.36. The summed E-state index contributed by atoms with van der Waals surface area (Å²) in [5.41, 5.74) is 5.18. The van der Waals surface area contributed by atoms with Gasteiger partial charge in [-0.3, -0.25) is 0 Å². The van der Waals surface area contributed by atoms with Crippen LogP contribution in [0.1, 0.15) is 37.5 Å². The van der Waals surface area contributed by atoms with Gasteiger partial charge in [0.1, 0.15) is 0 Å². The molecule has 0 amide bonds. The molecule has 0 unspecified atom stereocenters. The molecule has 0 aliphatic heterocycles. The Labute approximate surface area is 169 Å². The van der Waals surface area contributed by atoms with Crippen LogP contribution in [0.25, 0.3) is 22.9 Å². The molecule has 28 heavy (non-hydrogen) atoms. The van der Waals surface area contributed by atoms with E-state index in [1.807, 2.05) is 53.2 Å². The number of thiophene rings is 1. The molecule has 3 nitrogen and oxygen atoms in total. The highest BCUT2D eigenvalue weighted by atomic mass is 32.1. The zero-order valence-electron chi connectivity index (χ0n) is 16.1. The summed E-state index contributed by atoms with van der Waals surface area (Å²) >= 11 is 1.65. The van der Waals surface area contributed by atoms with E-state index in [1.54, 1.807) is 11.3 Å². The molecule has 2 aromatic heterocycles. The minimum Gasteiger partial charge on any atom is -0.416 e. The fourth-order valence-corrected chi connectivity index (χ4v) is 3.33. The van der Waals surface area contributed by atoms with Crippen molar-refractivity contribution in [2.75, 3.05) is 0 Å². The Kier molecular flexibility index (Phi) is 4.85. The van der Waals surface area contributed by atoms with Crippen LogP contribution in [0.15, 0.2) is 69.8 Å². The molecule has 2 heterocycles. The number of nitrogens with zero attached hydrogens (tertiary/aromatic N) is 2. The first-order valence-corrected chi connectivity index (χ1v) is 10.0. The Bertz CT molecular complexity index is 1120.